The van der Waals surface area contributed by atoms with Crippen LogP contribution < -0.4 is 15.7 Å². The largest absolute Gasteiger partial charge is 0.484 e. The minimum absolute atomic E-state index is 0.262. The summed E-state index contributed by atoms with van der Waals surface area (Å²) < 4.78 is 17.4. The number of rotatable bonds is 2. The molecule has 6 heteroatoms. The first-order valence-electron chi connectivity index (χ1n) is 8.69. The summed E-state index contributed by atoms with van der Waals surface area (Å²) in [5, 5.41) is 4.24. The lowest BCUT2D eigenvalue weighted by molar-refractivity contribution is -0.0315. The van der Waals surface area contributed by atoms with Crippen molar-refractivity contribution >= 4 is 34.0 Å². The lowest BCUT2D eigenvalue weighted by Crippen LogP contribution is -2.49. The van der Waals surface area contributed by atoms with E-state index in [2.05, 4.69) is 5.32 Å². The fraction of sp³-hybridized carbons (Fsp3) is 0.238. The zero-order valence-electron chi connectivity index (χ0n) is 15.0. The maximum Gasteiger partial charge on any atom is 0.336 e. The van der Waals surface area contributed by atoms with E-state index in [0.717, 1.165) is 16.6 Å². The van der Waals surface area contributed by atoms with Gasteiger partial charge in [0.15, 0.2) is 0 Å². The average molecular weight is 381 g/mol. The molecule has 1 aliphatic heterocycles. The molecule has 1 aromatic heterocycles. The van der Waals surface area contributed by atoms with Crippen LogP contribution in [0.4, 0.5) is 5.69 Å². The van der Waals surface area contributed by atoms with Crippen molar-refractivity contribution in [3.63, 3.8) is 0 Å². The van der Waals surface area contributed by atoms with E-state index >= 15 is 0 Å². The zero-order chi connectivity index (χ0) is 19.0. The molecule has 1 N–H and O–H groups in total. The van der Waals surface area contributed by atoms with Crippen LogP contribution in [0.2, 0.25) is 0 Å². The van der Waals surface area contributed by atoms with E-state index in [9.17, 15) is 4.79 Å². The number of fused-ring (bicyclic) bond motifs is 2. The maximum atomic E-state index is 11.5. The van der Waals surface area contributed by atoms with Gasteiger partial charge in [-0.05, 0) is 55.9 Å². The summed E-state index contributed by atoms with van der Waals surface area (Å²) in [6.07, 6.45) is 0.371. The number of anilines is 1. The van der Waals surface area contributed by atoms with Gasteiger partial charge in [-0.1, -0.05) is 18.2 Å². The Labute approximate surface area is 161 Å². The molecule has 0 amide bonds. The van der Waals surface area contributed by atoms with Crippen LogP contribution in [-0.4, -0.2) is 16.9 Å². The molecule has 27 heavy (non-hydrogen) atoms. The second-order valence-corrected chi connectivity index (χ2v) is 7.42. The molecule has 0 spiro atoms. The van der Waals surface area contributed by atoms with Crippen molar-refractivity contribution in [2.75, 3.05) is 5.32 Å². The van der Waals surface area contributed by atoms with Gasteiger partial charge in [0.2, 0.25) is 0 Å². The molecule has 0 bridgehead atoms. The first-order chi connectivity index (χ1) is 12.9. The van der Waals surface area contributed by atoms with E-state index in [0.29, 0.717) is 22.9 Å². The summed E-state index contributed by atoms with van der Waals surface area (Å²) >= 11 is 5.37. The topological polar surface area (TPSA) is 60.7 Å². The average Bonchev–Trinajstić information content (AvgIpc) is 2.61. The molecular weight excluding hydrogens is 362 g/mol. The van der Waals surface area contributed by atoms with Gasteiger partial charge in [0.1, 0.15) is 23.0 Å². The molecule has 0 aliphatic carbocycles. The highest BCUT2D eigenvalue weighted by Crippen LogP contribution is 2.37. The number of hydrogen-bond acceptors (Lipinski definition) is 5. The Morgan fingerprint density at radius 2 is 1.96 bits per heavy atom. The third-order valence-electron chi connectivity index (χ3n) is 4.63. The monoisotopic (exact) mass is 381 g/mol. The number of para-hydroxylation sites is 1. The third kappa shape index (κ3) is 3.66. The summed E-state index contributed by atoms with van der Waals surface area (Å²) in [6, 6.07) is 16.5. The summed E-state index contributed by atoms with van der Waals surface area (Å²) in [6.45, 7) is 3.91. The molecule has 1 aliphatic rings. The predicted octanol–water partition coefficient (Wildman–Crippen LogP) is 4.29. The van der Waals surface area contributed by atoms with Gasteiger partial charge >= 0.3 is 5.63 Å². The van der Waals surface area contributed by atoms with Gasteiger partial charge in [-0.25, -0.2) is 4.79 Å². The predicted molar refractivity (Wildman–Crippen MR) is 108 cm³/mol. The van der Waals surface area contributed by atoms with E-state index in [1.807, 2.05) is 50.2 Å². The number of thiocarbonyl (C=S) groups is 1. The second-order valence-electron chi connectivity index (χ2n) is 7.05. The summed E-state index contributed by atoms with van der Waals surface area (Å²) in [7, 11) is 0. The van der Waals surface area contributed by atoms with Crippen molar-refractivity contribution in [1.82, 2.24) is 0 Å². The van der Waals surface area contributed by atoms with Gasteiger partial charge in [0, 0.05) is 29.6 Å². The SMILES string of the molecule is CC1(C)Oc2cc3oc(=O)ccc3cc2C[C@@H]1OC(=S)Nc1ccccc1. The van der Waals surface area contributed by atoms with Gasteiger partial charge in [-0.15, -0.1) is 0 Å². The molecule has 0 unspecified atom stereocenters. The number of nitrogens with one attached hydrogen (secondary N) is 1. The van der Waals surface area contributed by atoms with Crippen LogP contribution in [-0.2, 0) is 11.2 Å². The number of hydrogen-bond donors (Lipinski definition) is 1. The van der Waals surface area contributed by atoms with Crippen LogP contribution in [0.3, 0.4) is 0 Å². The Morgan fingerprint density at radius 3 is 2.74 bits per heavy atom. The fourth-order valence-corrected chi connectivity index (χ4v) is 3.41. The molecule has 0 saturated carbocycles. The van der Waals surface area contributed by atoms with Crippen LogP contribution in [0.5, 0.6) is 5.75 Å². The van der Waals surface area contributed by atoms with E-state index < -0.39 is 5.60 Å². The Balaban J connectivity index is 1.58. The molecule has 2 heterocycles. The van der Waals surface area contributed by atoms with Crippen molar-refractivity contribution in [3.05, 3.63) is 70.6 Å². The summed E-state index contributed by atoms with van der Waals surface area (Å²) in [5.41, 5.74) is 1.40. The minimum Gasteiger partial charge on any atom is -0.484 e. The molecule has 0 radical (unpaired) electrons. The van der Waals surface area contributed by atoms with Crippen LogP contribution in [0.25, 0.3) is 11.0 Å². The molecule has 138 valence electrons. The normalized spacial score (nSPS) is 17.6. The van der Waals surface area contributed by atoms with Gasteiger partial charge in [0.05, 0.1) is 0 Å². The standard InChI is InChI=1S/C21H19NO4S/c1-21(2)18(25-20(27)22-15-6-4-3-5-7-15)11-14-10-13-8-9-19(23)24-16(13)12-17(14)26-21/h3-10,12,18H,11H2,1-2H3,(H,22,27)/t18-/m0/s1. The lowest BCUT2D eigenvalue weighted by atomic mass is 9.90. The smallest absolute Gasteiger partial charge is 0.336 e. The Hall–Kier alpha value is -2.86. The highest BCUT2D eigenvalue weighted by atomic mass is 32.1. The second kappa shape index (κ2) is 6.70. The quantitative estimate of drug-likeness (QED) is 0.528. The van der Waals surface area contributed by atoms with Crippen molar-refractivity contribution in [2.45, 2.75) is 32.0 Å². The first kappa shape index (κ1) is 17.5. The number of ether oxygens (including phenoxy) is 2. The van der Waals surface area contributed by atoms with Crippen molar-refractivity contribution in [3.8, 4) is 5.75 Å². The number of benzene rings is 2. The minimum atomic E-state index is -0.599. The van der Waals surface area contributed by atoms with Crippen LogP contribution >= 0.6 is 12.2 Å². The van der Waals surface area contributed by atoms with Gasteiger partial charge < -0.3 is 19.2 Å². The summed E-state index contributed by atoms with van der Waals surface area (Å²) in [4.78, 5) is 11.5. The van der Waals surface area contributed by atoms with E-state index in [4.69, 9.17) is 26.1 Å². The molecule has 5 nitrogen and oxygen atoms in total. The van der Waals surface area contributed by atoms with E-state index in [1.165, 1.54) is 6.07 Å². The molecular formula is C21H19NO4S. The first-order valence-corrected chi connectivity index (χ1v) is 9.10. The van der Waals surface area contributed by atoms with Gasteiger partial charge in [-0.2, -0.15) is 0 Å². The molecule has 0 fully saturated rings. The van der Waals surface area contributed by atoms with Gasteiger partial charge in [0.25, 0.3) is 5.17 Å². The maximum absolute atomic E-state index is 11.5. The van der Waals surface area contributed by atoms with Crippen LogP contribution in [0.15, 0.2) is 63.8 Å². The van der Waals surface area contributed by atoms with Gasteiger partial charge in [-0.3, -0.25) is 0 Å². The highest BCUT2D eigenvalue weighted by molar-refractivity contribution is 7.80. The van der Waals surface area contributed by atoms with Crippen molar-refractivity contribution in [2.24, 2.45) is 0 Å². The third-order valence-corrected chi connectivity index (χ3v) is 4.82. The fourth-order valence-electron chi connectivity index (χ4n) is 3.17. The van der Waals surface area contributed by atoms with E-state index in [-0.39, 0.29) is 11.7 Å². The van der Waals surface area contributed by atoms with Crippen LogP contribution in [0, 0.1) is 0 Å². The summed E-state index contributed by atoms with van der Waals surface area (Å²) in [5.74, 6) is 0.698. The highest BCUT2D eigenvalue weighted by Gasteiger charge is 2.39. The lowest BCUT2D eigenvalue weighted by Gasteiger charge is -2.39. The molecule has 4 rings (SSSR count). The van der Waals surface area contributed by atoms with E-state index in [1.54, 1.807) is 12.1 Å². The molecule has 2 aromatic carbocycles. The molecule has 1 atom stereocenters. The molecule has 0 saturated heterocycles. The van der Waals surface area contributed by atoms with Crippen LogP contribution in [0.1, 0.15) is 19.4 Å². The van der Waals surface area contributed by atoms with Crippen molar-refractivity contribution in [1.29, 1.82) is 0 Å². The van der Waals surface area contributed by atoms with Crippen molar-refractivity contribution < 1.29 is 13.9 Å². The zero-order valence-corrected chi connectivity index (χ0v) is 15.8. The Morgan fingerprint density at radius 1 is 1.19 bits per heavy atom. The molecule has 3 aromatic rings. The Bertz CT molecular complexity index is 1060. The Kier molecular flexibility index (Phi) is 4.36.